The molecule has 0 aromatic rings. The molecule has 0 aromatic heterocycles. The Balaban J connectivity index is 2.30. The molecule has 1 fully saturated rings. The molecule has 1 saturated heterocycles. The zero-order valence-electron chi connectivity index (χ0n) is 5.71. The molecule has 2 nitrogen and oxygen atoms in total. The van der Waals surface area contributed by atoms with Crippen molar-refractivity contribution in [3.63, 3.8) is 0 Å². The van der Waals surface area contributed by atoms with Crippen molar-refractivity contribution >= 4 is 11.8 Å². The molecule has 0 saturated carbocycles. The second kappa shape index (κ2) is 3.44. The molecule has 0 aliphatic carbocycles. The van der Waals surface area contributed by atoms with Gasteiger partial charge in [-0.3, -0.25) is 4.90 Å². The van der Waals surface area contributed by atoms with Crippen LogP contribution in [-0.4, -0.2) is 47.8 Å². The lowest BCUT2D eigenvalue weighted by Crippen LogP contribution is -2.41. The standard InChI is InChI=1S/C6H13NOS/c1-7-2-3-9-5-6(7)4-8/h6,8H,2-5H2,1H3. The average molecular weight is 147 g/mol. The summed E-state index contributed by atoms with van der Waals surface area (Å²) in [4.78, 5) is 2.22. The Morgan fingerprint density at radius 2 is 2.56 bits per heavy atom. The van der Waals surface area contributed by atoms with Crippen LogP contribution in [-0.2, 0) is 0 Å². The zero-order valence-corrected chi connectivity index (χ0v) is 6.52. The third kappa shape index (κ3) is 1.85. The molecular formula is C6H13NOS. The summed E-state index contributed by atoms with van der Waals surface area (Å²) < 4.78 is 0. The quantitative estimate of drug-likeness (QED) is 0.566. The number of hydrogen-bond donors (Lipinski definition) is 1. The first-order chi connectivity index (χ1) is 4.34. The van der Waals surface area contributed by atoms with Gasteiger partial charge in [0.2, 0.25) is 0 Å². The van der Waals surface area contributed by atoms with Crippen LogP contribution in [0.1, 0.15) is 0 Å². The Hall–Kier alpha value is 0.270. The highest BCUT2D eigenvalue weighted by atomic mass is 32.2. The predicted octanol–water partition coefficient (Wildman–Crippen LogP) is 0.0259. The topological polar surface area (TPSA) is 23.5 Å². The van der Waals surface area contributed by atoms with Gasteiger partial charge >= 0.3 is 0 Å². The van der Waals surface area contributed by atoms with E-state index in [0.29, 0.717) is 12.6 Å². The van der Waals surface area contributed by atoms with Crippen LogP contribution >= 0.6 is 11.8 Å². The molecule has 1 aliphatic heterocycles. The average Bonchev–Trinajstić information content (AvgIpc) is 1.89. The smallest absolute Gasteiger partial charge is 0.0594 e. The van der Waals surface area contributed by atoms with Crippen LogP contribution in [0.15, 0.2) is 0 Å². The number of rotatable bonds is 1. The summed E-state index contributed by atoms with van der Waals surface area (Å²) in [6.07, 6.45) is 0. The van der Waals surface area contributed by atoms with Gasteiger partial charge in [0.1, 0.15) is 0 Å². The van der Waals surface area contributed by atoms with E-state index in [1.165, 1.54) is 5.75 Å². The van der Waals surface area contributed by atoms with E-state index in [4.69, 9.17) is 5.11 Å². The van der Waals surface area contributed by atoms with Gasteiger partial charge < -0.3 is 5.11 Å². The lowest BCUT2D eigenvalue weighted by molar-refractivity contribution is 0.164. The monoisotopic (exact) mass is 147 g/mol. The van der Waals surface area contributed by atoms with E-state index in [0.717, 1.165) is 12.3 Å². The Kier molecular flexibility index (Phi) is 2.82. The molecular weight excluding hydrogens is 134 g/mol. The van der Waals surface area contributed by atoms with Crippen molar-refractivity contribution in [2.75, 3.05) is 31.7 Å². The largest absolute Gasteiger partial charge is 0.395 e. The third-order valence-corrected chi connectivity index (χ3v) is 2.82. The fourth-order valence-corrected chi connectivity index (χ4v) is 2.15. The molecule has 3 heteroatoms. The van der Waals surface area contributed by atoms with Gasteiger partial charge in [0.05, 0.1) is 6.61 Å². The number of nitrogens with zero attached hydrogens (tertiary/aromatic N) is 1. The normalized spacial score (nSPS) is 30.7. The van der Waals surface area contributed by atoms with Crippen molar-refractivity contribution in [2.45, 2.75) is 6.04 Å². The van der Waals surface area contributed by atoms with Gasteiger partial charge in [-0.15, -0.1) is 0 Å². The molecule has 1 aliphatic rings. The van der Waals surface area contributed by atoms with Crippen molar-refractivity contribution in [3.8, 4) is 0 Å². The van der Waals surface area contributed by atoms with E-state index < -0.39 is 0 Å². The summed E-state index contributed by atoms with van der Waals surface area (Å²) in [7, 11) is 2.07. The number of aliphatic hydroxyl groups is 1. The van der Waals surface area contributed by atoms with E-state index in [1.54, 1.807) is 0 Å². The highest BCUT2D eigenvalue weighted by molar-refractivity contribution is 7.99. The maximum Gasteiger partial charge on any atom is 0.0594 e. The second-order valence-corrected chi connectivity index (χ2v) is 3.54. The fourth-order valence-electron chi connectivity index (χ4n) is 0.930. The van der Waals surface area contributed by atoms with Crippen molar-refractivity contribution in [1.29, 1.82) is 0 Å². The third-order valence-electron chi connectivity index (χ3n) is 1.73. The second-order valence-electron chi connectivity index (χ2n) is 2.39. The summed E-state index contributed by atoms with van der Waals surface area (Å²) in [5.41, 5.74) is 0. The Labute approximate surface area is 60.2 Å². The molecule has 0 amide bonds. The van der Waals surface area contributed by atoms with Gasteiger partial charge in [-0.2, -0.15) is 11.8 Å². The summed E-state index contributed by atoms with van der Waals surface area (Å²) in [6, 6.07) is 0.406. The number of hydrogen-bond acceptors (Lipinski definition) is 3. The first kappa shape index (κ1) is 7.38. The van der Waals surface area contributed by atoms with Crippen LogP contribution in [0, 0.1) is 0 Å². The van der Waals surface area contributed by atoms with Gasteiger partial charge in [0.15, 0.2) is 0 Å². The first-order valence-corrected chi connectivity index (χ1v) is 4.39. The zero-order chi connectivity index (χ0) is 6.69. The Morgan fingerprint density at radius 1 is 1.78 bits per heavy atom. The van der Waals surface area contributed by atoms with Gasteiger partial charge in [-0.1, -0.05) is 0 Å². The van der Waals surface area contributed by atoms with E-state index in [-0.39, 0.29) is 0 Å². The van der Waals surface area contributed by atoms with E-state index in [2.05, 4.69) is 11.9 Å². The molecule has 1 unspecified atom stereocenters. The SMILES string of the molecule is CN1CCSCC1CO. The minimum absolute atomic E-state index is 0.309. The van der Waals surface area contributed by atoms with Crippen LogP contribution in [0.2, 0.25) is 0 Å². The highest BCUT2D eigenvalue weighted by Gasteiger charge is 2.17. The number of aliphatic hydroxyl groups excluding tert-OH is 1. The van der Waals surface area contributed by atoms with Crippen molar-refractivity contribution in [1.82, 2.24) is 4.90 Å². The van der Waals surface area contributed by atoms with Gasteiger partial charge in [-0.25, -0.2) is 0 Å². The molecule has 1 rings (SSSR count). The van der Waals surface area contributed by atoms with Crippen molar-refractivity contribution in [2.24, 2.45) is 0 Å². The highest BCUT2D eigenvalue weighted by Crippen LogP contribution is 2.13. The number of thioether (sulfide) groups is 1. The van der Waals surface area contributed by atoms with E-state index >= 15 is 0 Å². The minimum atomic E-state index is 0.309. The Morgan fingerprint density at radius 3 is 3.00 bits per heavy atom. The number of likely N-dealkylation sites (N-methyl/N-ethyl adjacent to an activating group) is 1. The van der Waals surface area contributed by atoms with Gasteiger partial charge in [-0.05, 0) is 7.05 Å². The van der Waals surface area contributed by atoms with Crippen LogP contribution in [0.3, 0.4) is 0 Å². The van der Waals surface area contributed by atoms with E-state index in [9.17, 15) is 0 Å². The van der Waals surface area contributed by atoms with Crippen LogP contribution < -0.4 is 0 Å². The molecule has 1 N–H and O–H groups in total. The van der Waals surface area contributed by atoms with Crippen molar-refractivity contribution < 1.29 is 5.11 Å². The molecule has 54 valence electrons. The van der Waals surface area contributed by atoms with Crippen LogP contribution in [0.5, 0.6) is 0 Å². The van der Waals surface area contributed by atoms with Gasteiger partial charge in [0, 0.05) is 24.1 Å². The fraction of sp³-hybridized carbons (Fsp3) is 1.00. The molecule has 1 heterocycles. The predicted molar refractivity (Wildman–Crippen MR) is 40.8 cm³/mol. The van der Waals surface area contributed by atoms with Crippen LogP contribution in [0.25, 0.3) is 0 Å². The maximum atomic E-state index is 8.81. The maximum absolute atomic E-state index is 8.81. The minimum Gasteiger partial charge on any atom is -0.395 e. The summed E-state index contributed by atoms with van der Waals surface area (Å²) in [5.74, 6) is 2.31. The van der Waals surface area contributed by atoms with Crippen molar-refractivity contribution in [3.05, 3.63) is 0 Å². The summed E-state index contributed by atoms with van der Waals surface area (Å²) in [6.45, 7) is 1.43. The van der Waals surface area contributed by atoms with Crippen LogP contribution in [0.4, 0.5) is 0 Å². The lowest BCUT2D eigenvalue weighted by atomic mass is 10.3. The first-order valence-electron chi connectivity index (χ1n) is 3.23. The molecule has 0 bridgehead atoms. The molecule has 9 heavy (non-hydrogen) atoms. The molecule has 0 aromatic carbocycles. The molecule has 0 radical (unpaired) electrons. The Bertz CT molecular complexity index is 89.1. The summed E-state index contributed by atoms with van der Waals surface area (Å²) >= 11 is 1.93. The molecule has 1 atom stereocenters. The van der Waals surface area contributed by atoms with Gasteiger partial charge in [0.25, 0.3) is 0 Å². The molecule has 0 spiro atoms. The van der Waals surface area contributed by atoms with E-state index in [1.807, 2.05) is 11.8 Å². The summed E-state index contributed by atoms with van der Waals surface area (Å²) in [5, 5.41) is 8.81. The lowest BCUT2D eigenvalue weighted by Gasteiger charge is -2.30.